The number of likely N-dealkylation sites (N-methyl/N-ethyl adjacent to an activating group) is 1. The van der Waals surface area contributed by atoms with E-state index >= 15 is 0 Å². The van der Waals surface area contributed by atoms with E-state index in [-0.39, 0.29) is 0 Å². The lowest BCUT2D eigenvalue weighted by atomic mass is 10.0. The van der Waals surface area contributed by atoms with Crippen molar-refractivity contribution < 1.29 is 0 Å². The summed E-state index contributed by atoms with van der Waals surface area (Å²) in [7, 11) is 2.22. The van der Waals surface area contributed by atoms with Crippen LogP contribution in [0.4, 0.5) is 0 Å². The predicted octanol–water partition coefficient (Wildman–Crippen LogP) is 1.86. The minimum Gasteiger partial charge on any atom is -0.313 e. The summed E-state index contributed by atoms with van der Waals surface area (Å²) < 4.78 is 0. The van der Waals surface area contributed by atoms with Gasteiger partial charge in [-0.05, 0) is 40.2 Å². The zero-order chi connectivity index (χ0) is 9.90. The quantitative estimate of drug-likeness (QED) is 0.678. The van der Waals surface area contributed by atoms with Crippen LogP contribution in [0.2, 0.25) is 0 Å². The first-order valence-corrected chi connectivity index (χ1v) is 5.51. The van der Waals surface area contributed by atoms with Crippen LogP contribution in [-0.2, 0) is 0 Å². The summed E-state index contributed by atoms with van der Waals surface area (Å²) in [5.41, 5.74) is 0.352. The highest BCUT2D eigenvalue weighted by atomic mass is 15.2. The molecule has 0 amide bonds. The number of hydrogen-bond donors (Lipinski definition) is 1. The first kappa shape index (κ1) is 11.0. The molecule has 0 unspecified atom stereocenters. The Kier molecular flexibility index (Phi) is 3.74. The average Bonchev–Trinajstić information content (AvgIpc) is 2.88. The van der Waals surface area contributed by atoms with Crippen molar-refractivity contribution in [2.75, 3.05) is 20.1 Å². The van der Waals surface area contributed by atoms with E-state index in [1.807, 2.05) is 0 Å². The molecule has 0 spiro atoms. The second-order valence-corrected chi connectivity index (χ2v) is 4.82. The molecule has 1 aliphatic carbocycles. The van der Waals surface area contributed by atoms with Gasteiger partial charge in [0.05, 0.1) is 0 Å². The van der Waals surface area contributed by atoms with Gasteiger partial charge in [-0.2, -0.15) is 0 Å². The molecule has 2 heteroatoms. The first-order valence-electron chi connectivity index (χ1n) is 5.51. The fourth-order valence-corrected chi connectivity index (χ4v) is 1.30. The average molecular weight is 184 g/mol. The maximum Gasteiger partial charge on any atom is 0.0148 e. The number of hydrogen-bond acceptors (Lipinski definition) is 2. The van der Waals surface area contributed by atoms with E-state index in [2.05, 4.69) is 38.0 Å². The lowest BCUT2D eigenvalue weighted by Crippen LogP contribution is -2.44. The molecule has 1 rings (SSSR count). The van der Waals surface area contributed by atoms with Crippen LogP contribution in [-0.4, -0.2) is 36.6 Å². The molecule has 13 heavy (non-hydrogen) atoms. The maximum atomic E-state index is 3.54. The van der Waals surface area contributed by atoms with Crippen molar-refractivity contribution in [3.63, 3.8) is 0 Å². The molecule has 1 fully saturated rings. The van der Waals surface area contributed by atoms with Crippen molar-refractivity contribution in [2.45, 2.75) is 51.6 Å². The van der Waals surface area contributed by atoms with Crippen molar-refractivity contribution in [3.8, 4) is 0 Å². The fourth-order valence-electron chi connectivity index (χ4n) is 1.30. The summed E-state index contributed by atoms with van der Waals surface area (Å²) in [6.07, 6.45) is 3.99. The van der Waals surface area contributed by atoms with E-state index in [0.717, 1.165) is 19.1 Å². The maximum absolute atomic E-state index is 3.54. The minimum absolute atomic E-state index is 0.352. The highest BCUT2D eigenvalue weighted by molar-refractivity contribution is 4.82. The summed E-state index contributed by atoms with van der Waals surface area (Å²) in [5.74, 6) is 0. The van der Waals surface area contributed by atoms with E-state index in [1.165, 1.54) is 19.3 Å². The molecule has 1 aliphatic rings. The molecule has 0 atom stereocenters. The molecule has 78 valence electrons. The Bertz CT molecular complexity index is 150. The van der Waals surface area contributed by atoms with Gasteiger partial charge < -0.3 is 5.32 Å². The lowest BCUT2D eigenvalue weighted by molar-refractivity contribution is 0.152. The van der Waals surface area contributed by atoms with Gasteiger partial charge >= 0.3 is 0 Å². The van der Waals surface area contributed by atoms with Gasteiger partial charge in [0.2, 0.25) is 0 Å². The third-order valence-electron chi connectivity index (χ3n) is 3.36. The highest BCUT2D eigenvalue weighted by Gasteiger charge is 2.23. The molecule has 0 saturated heterocycles. The minimum atomic E-state index is 0.352. The van der Waals surface area contributed by atoms with Gasteiger partial charge in [0.1, 0.15) is 0 Å². The van der Waals surface area contributed by atoms with Crippen LogP contribution in [0.15, 0.2) is 0 Å². The molecule has 0 aromatic carbocycles. The molecule has 0 aromatic heterocycles. The summed E-state index contributed by atoms with van der Waals surface area (Å²) >= 11 is 0. The van der Waals surface area contributed by atoms with Crippen LogP contribution >= 0.6 is 0 Å². The first-order chi connectivity index (χ1) is 6.06. The normalized spacial score (nSPS) is 18.2. The van der Waals surface area contributed by atoms with Crippen molar-refractivity contribution >= 4 is 0 Å². The third kappa shape index (κ3) is 3.65. The molecule has 1 saturated carbocycles. The van der Waals surface area contributed by atoms with E-state index in [0.29, 0.717) is 5.54 Å². The van der Waals surface area contributed by atoms with Gasteiger partial charge in [0, 0.05) is 24.7 Å². The standard InChI is InChI=1S/C11H24N2/c1-5-11(2,3)13(4)9-8-12-10-6-7-10/h10,12H,5-9H2,1-4H3. The van der Waals surface area contributed by atoms with Crippen molar-refractivity contribution in [2.24, 2.45) is 0 Å². The molecular weight excluding hydrogens is 160 g/mol. The Balaban J connectivity index is 2.11. The zero-order valence-corrected chi connectivity index (χ0v) is 9.56. The molecule has 0 aliphatic heterocycles. The fraction of sp³-hybridized carbons (Fsp3) is 1.00. The highest BCUT2D eigenvalue weighted by Crippen LogP contribution is 2.19. The van der Waals surface area contributed by atoms with Crippen LogP contribution in [0.5, 0.6) is 0 Å². The Morgan fingerprint density at radius 3 is 2.46 bits per heavy atom. The van der Waals surface area contributed by atoms with Crippen LogP contribution < -0.4 is 5.32 Å². The Labute approximate surface area is 82.7 Å². The Hall–Kier alpha value is -0.0800. The van der Waals surface area contributed by atoms with E-state index in [4.69, 9.17) is 0 Å². The summed E-state index contributed by atoms with van der Waals surface area (Å²) in [5, 5.41) is 3.54. The zero-order valence-electron chi connectivity index (χ0n) is 9.56. The third-order valence-corrected chi connectivity index (χ3v) is 3.36. The van der Waals surface area contributed by atoms with Crippen LogP contribution in [0.1, 0.15) is 40.0 Å². The largest absolute Gasteiger partial charge is 0.313 e. The predicted molar refractivity (Wildman–Crippen MR) is 58.0 cm³/mol. The molecule has 2 nitrogen and oxygen atoms in total. The van der Waals surface area contributed by atoms with Crippen molar-refractivity contribution in [1.82, 2.24) is 10.2 Å². The smallest absolute Gasteiger partial charge is 0.0148 e. The van der Waals surface area contributed by atoms with Crippen LogP contribution in [0.3, 0.4) is 0 Å². The molecule has 0 radical (unpaired) electrons. The van der Waals surface area contributed by atoms with E-state index in [1.54, 1.807) is 0 Å². The SMILES string of the molecule is CCC(C)(C)N(C)CCNC1CC1. The number of nitrogens with zero attached hydrogens (tertiary/aromatic N) is 1. The van der Waals surface area contributed by atoms with Crippen LogP contribution in [0, 0.1) is 0 Å². The Morgan fingerprint density at radius 1 is 1.38 bits per heavy atom. The van der Waals surface area contributed by atoms with Gasteiger partial charge in [-0.1, -0.05) is 6.92 Å². The second-order valence-electron chi connectivity index (χ2n) is 4.82. The Morgan fingerprint density at radius 2 is 2.00 bits per heavy atom. The molecular formula is C11H24N2. The van der Waals surface area contributed by atoms with Crippen molar-refractivity contribution in [3.05, 3.63) is 0 Å². The number of nitrogens with one attached hydrogen (secondary N) is 1. The van der Waals surface area contributed by atoms with Gasteiger partial charge in [0.15, 0.2) is 0 Å². The van der Waals surface area contributed by atoms with Gasteiger partial charge in [-0.15, -0.1) is 0 Å². The van der Waals surface area contributed by atoms with Gasteiger partial charge in [-0.25, -0.2) is 0 Å². The monoisotopic (exact) mass is 184 g/mol. The van der Waals surface area contributed by atoms with Crippen molar-refractivity contribution in [1.29, 1.82) is 0 Å². The summed E-state index contributed by atoms with van der Waals surface area (Å²) in [6, 6.07) is 0.845. The topological polar surface area (TPSA) is 15.3 Å². The molecule has 1 N–H and O–H groups in total. The van der Waals surface area contributed by atoms with Gasteiger partial charge in [-0.3, -0.25) is 4.90 Å². The summed E-state index contributed by atoms with van der Waals surface area (Å²) in [4.78, 5) is 2.45. The summed E-state index contributed by atoms with van der Waals surface area (Å²) in [6.45, 7) is 9.18. The van der Waals surface area contributed by atoms with Crippen LogP contribution in [0.25, 0.3) is 0 Å². The van der Waals surface area contributed by atoms with E-state index in [9.17, 15) is 0 Å². The molecule has 0 heterocycles. The van der Waals surface area contributed by atoms with Gasteiger partial charge in [0.25, 0.3) is 0 Å². The lowest BCUT2D eigenvalue weighted by Gasteiger charge is -2.34. The van der Waals surface area contributed by atoms with E-state index < -0.39 is 0 Å². The number of rotatable bonds is 6. The second kappa shape index (κ2) is 4.43. The molecule has 0 bridgehead atoms. The molecule has 0 aromatic rings.